The summed E-state index contributed by atoms with van der Waals surface area (Å²) in [6.07, 6.45) is 2.61. The van der Waals surface area contributed by atoms with Gasteiger partial charge in [0.15, 0.2) is 0 Å². The Morgan fingerprint density at radius 2 is 2.00 bits per heavy atom. The van der Waals surface area contributed by atoms with Crippen molar-refractivity contribution < 1.29 is 10.0 Å². The number of benzene rings is 1. The molecule has 1 aromatic carbocycles. The Morgan fingerprint density at radius 3 is 2.55 bits per heavy atom. The van der Waals surface area contributed by atoms with E-state index in [0.29, 0.717) is 18.7 Å². The zero-order valence-corrected chi connectivity index (χ0v) is 12.7. The molecule has 7 heteroatoms. The number of hydrogen-bond acceptors (Lipinski definition) is 4. The highest BCUT2D eigenvalue weighted by Crippen LogP contribution is 2.34. The first-order valence-electron chi connectivity index (χ1n) is 6.47. The Morgan fingerprint density at radius 1 is 1.35 bits per heavy atom. The van der Waals surface area contributed by atoms with Gasteiger partial charge in [-0.1, -0.05) is 36.5 Å². The van der Waals surface area contributed by atoms with Gasteiger partial charge in [-0.2, -0.15) is 0 Å². The van der Waals surface area contributed by atoms with Gasteiger partial charge >= 0.3 is 0 Å². The third-order valence-electron chi connectivity index (χ3n) is 3.05. The van der Waals surface area contributed by atoms with E-state index in [9.17, 15) is 10.1 Å². The monoisotopic (exact) mass is 320 g/mol. The molecule has 0 bridgehead atoms. The molecule has 1 rings (SSSR count). The van der Waals surface area contributed by atoms with Crippen LogP contribution in [0.1, 0.15) is 26.2 Å². The number of nitrogens with zero attached hydrogens (tertiary/aromatic N) is 1. The molecule has 1 atom stereocenters. The van der Waals surface area contributed by atoms with Crippen molar-refractivity contribution in [1.82, 2.24) is 0 Å². The number of anilines is 1. The normalized spacial score (nSPS) is 12.2. The highest BCUT2D eigenvalue weighted by Gasteiger charge is 2.18. The molecule has 1 aromatic rings. The van der Waals surface area contributed by atoms with Gasteiger partial charge in [-0.25, -0.2) is 0 Å². The molecular weight excluding hydrogens is 303 g/mol. The average molecular weight is 321 g/mol. The predicted octanol–water partition coefficient (Wildman–Crippen LogP) is 4.11. The lowest BCUT2D eigenvalue weighted by Gasteiger charge is -2.16. The minimum atomic E-state index is -0.495. The molecule has 0 spiro atoms. The number of hydrogen-bond donors (Lipinski definition) is 2. The van der Waals surface area contributed by atoms with Crippen LogP contribution in [0.4, 0.5) is 11.4 Å². The number of rotatable bonds is 8. The van der Waals surface area contributed by atoms with Gasteiger partial charge < -0.3 is 10.4 Å². The maximum atomic E-state index is 11.0. The van der Waals surface area contributed by atoms with Crippen LogP contribution < -0.4 is 5.32 Å². The van der Waals surface area contributed by atoms with Gasteiger partial charge in [0, 0.05) is 19.2 Å². The number of nitrogens with one attached hydrogen (secondary N) is 1. The van der Waals surface area contributed by atoms with E-state index in [1.54, 1.807) is 0 Å². The van der Waals surface area contributed by atoms with Gasteiger partial charge in [0.1, 0.15) is 5.69 Å². The van der Waals surface area contributed by atoms with E-state index in [1.165, 1.54) is 12.1 Å². The number of nitro benzene ring substituents is 1. The molecule has 1 unspecified atom stereocenters. The largest absolute Gasteiger partial charge is 0.396 e. The standard InChI is InChI=1S/C13H18Cl2N2O3/c1-2-3-9(4-5-18)8-16-12-6-10(14)11(15)7-13(12)17(19)20/h6-7,9,16,18H,2-5,8H2,1H3. The van der Waals surface area contributed by atoms with Crippen LogP contribution in [0, 0.1) is 16.0 Å². The smallest absolute Gasteiger partial charge is 0.293 e. The van der Waals surface area contributed by atoms with Crippen molar-refractivity contribution in [3.8, 4) is 0 Å². The van der Waals surface area contributed by atoms with E-state index in [4.69, 9.17) is 28.3 Å². The molecule has 0 aliphatic carbocycles. The summed E-state index contributed by atoms with van der Waals surface area (Å²) in [5.74, 6) is 0.263. The third kappa shape index (κ3) is 4.81. The van der Waals surface area contributed by atoms with E-state index in [0.717, 1.165) is 12.8 Å². The molecule has 0 saturated carbocycles. The van der Waals surface area contributed by atoms with E-state index in [-0.39, 0.29) is 28.3 Å². The lowest BCUT2D eigenvalue weighted by molar-refractivity contribution is -0.383. The van der Waals surface area contributed by atoms with Crippen molar-refractivity contribution in [2.24, 2.45) is 5.92 Å². The fourth-order valence-corrected chi connectivity index (χ4v) is 2.34. The van der Waals surface area contributed by atoms with Crippen molar-refractivity contribution in [2.45, 2.75) is 26.2 Å². The first-order chi connectivity index (χ1) is 9.49. The van der Waals surface area contributed by atoms with Crippen molar-refractivity contribution >= 4 is 34.6 Å². The summed E-state index contributed by atoms with van der Waals surface area (Å²) in [4.78, 5) is 10.5. The Kier molecular flexibility index (Phi) is 7.05. The van der Waals surface area contributed by atoms with E-state index >= 15 is 0 Å². The van der Waals surface area contributed by atoms with E-state index in [2.05, 4.69) is 12.2 Å². The Bertz CT molecular complexity index is 463. The summed E-state index contributed by atoms with van der Waals surface area (Å²) in [7, 11) is 0. The van der Waals surface area contributed by atoms with Crippen molar-refractivity contribution in [2.75, 3.05) is 18.5 Å². The fraction of sp³-hybridized carbons (Fsp3) is 0.538. The topological polar surface area (TPSA) is 75.4 Å². The van der Waals surface area contributed by atoms with Crippen LogP contribution >= 0.6 is 23.2 Å². The van der Waals surface area contributed by atoms with Crippen molar-refractivity contribution in [3.63, 3.8) is 0 Å². The predicted molar refractivity (Wildman–Crippen MR) is 81.7 cm³/mol. The Labute approximate surface area is 128 Å². The highest BCUT2D eigenvalue weighted by molar-refractivity contribution is 6.42. The van der Waals surface area contributed by atoms with Gasteiger partial charge in [0.2, 0.25) is 0 Å². The molecule has 0 aromatic heterocycles. The molecule has 2 N–H and O–H groups in total. The summed E-state index contributed by atoms with van der Waals surface area (Å²) in [6, 6.07) is 2.71. The molecule has 0 saturated heterocycles. The SMILES string of the molecule is CCCC(CCO)CNc1cc(Cl)c(Cl)cc1[N+](=O)[O-]. The molecule has 0 amide bonds. The number of halogens is 2. The molecule has 20 heavy (non-hydrogen) atoms. The Balaban J connectivity index is 2.85. The van der Waals surface area contributed by atoms with Crippen molar-refractivity contribution in [1.29, 1.82) is 0 Å². The minimum Gasteiger partial charge on any atom is -0.396 e. The maximum Gasteiger partial charge on any atom is 0.293 e. The fourth-order valence-electron chi connectivity index (χ4n) is 2.02. The molecular formula is C13H18Cl2N2O3. The first-order valence-corrected chi connectivity index (χ1v) is 7.23. The van der Waals surface area contributed by atoms with Gasteiger partial charge in [-0.15, -0.1) is 0 Å². The second kappa shape index (κ2) is 8.29. The summed E-state index contributed by atoms with van der Waals surface area (Å²) in [6.45, 7) is 2.72. The Hall–Kier alpha value is -1.04. The summed E-state index contributed by atoms with van der Waals surface area (Å²) in [5, 5.41) is 23.5. The molecule has 0 aliphatic rings. The summed E-state index contributed by atoms with van der Waals surface area (Å²) < 4.78 is 0. The zero-order chi connectivity index (χ0) is 15.1. The van der Waals surface area contributed by atoms with Gasteiger partial charge in [0.25, 0.3) is 5.69 Å². The molecule has 0 aliphatic heterocycles. The second-order valence-electron chi connectivity index (χ2n) is 4.59. The van der Waals surface area contributed by atoms with Crippen LogP contribution in [-0.4, -0.2) is 23.2 Å². The zero-order valence-electron chi connectivity index (χ0n) is 11.2. The lowest BCUT2D eigenvalue weighted by atomic mass is 10.00. The van der Waals surface area contributed by atoms with Gasteiger partial charge in [-0.3, -0.25) is 10.1 Å². The molecule has 112 valence electrons. The third-order valence-corrected chi connectivity index (χ3v) is 3.77. The van der Waals surface area contributed by atoms with E-state index < -0.39 is 4.92 Å². The maximum absolute atomic E-state index is 11.0. The summed E-state index contributed by atoms with van der Waals surface area (Å²) in [5.41, 5.74) is 0.252. The number of aliphatic hydroxyl groups excluding tert-OH is 1. The first kappa shape index (κ1) is 17.0. The van der Waals surface area contributed by atoms with Crippen LogP contribution in [0.3, 0.4) is 0 Å². The lowest BCUT2D eigenvalue weighted by Crippen LogP contribution is -2.16. The molecule has 0 fully saturated rings. The van der Waals surface area contributed by atoms with Crippen LogP contribution in [0.15, 0.2) is 12.1 Å². The minimum absolute atomic E-state index is 0.0985. The van der Waals surface area contributed by atoms with Crippen LogP contribution in [0.2, 0.25) is 10.0 Å². The molecule has 0 radical (unpaired) electrons. The highest BCUT2D eigenvalue weighted by atomic mass is 35.5. The van der Waals surface area contributed by atoms with Crippen molar-refractivity contribution in [3.05, 3.63) is 32.3 Å². The number of nitro groups is 1. The summed E-state index contributed by atoms with van der Waals surface area (Å²) >= 11 is 11.7. The van der Waals surface area contributed by atoms with Crippen LogP contribution in [0.5, 0.6) is 0 Å². The molecule has 0 heterocycles. The van der Waals surface area contributed by atoms with E-state index in [1.807, 2.05) is 0 Å². The van der Waals surface area contributed by atoms with Gasteiger partial charge in [-0.05, 0) is 24.8 Å². The quantitative estimate of drug-likeness (QED) is 0.558. The van der Waals surface area contributed by atoms with Crippen LogP contribution in [0.25, 0.3) is 0 Å². The second-order valence-corrected chi connectivity index (χ2v) is 5.40. The number of aliphatic hydroxyl groups is 1. The average Bonchev–Trinajstić information content (AvgIpc) is 2.39. The van der Waals surface area contributed by atoms with Crippen LogP contribution in [-0.2, 0) is 0 Å². The van der Waals surface area contributed by atoms with Gasteiger partial charge in [0.05, 0.1) is 15.0 Å². The molecule has 5 nitrogen and oxygen atoms in total.